The number of hydrogen-bond donors (Lipinski definition) is 1. The number of aromatic nitrogens is 5. The van der Waals surface area contributed by atoms with Crippen LogP contribution in [-0.4, -0.2) is 37.6 Å². The lowest BCUT2D eigenvalue weighted by atomic mass is 10.2. The monoisotopic (exact) mass is 342 g/mol. The highest BCUT2D eigenvalue weighted by Gasteiger charge is 2.07. The molecular weight excluding hydrogens is 324 g/mol. The van der Waals surface area contributed by atoms with Gasteiger partial charge in [-0.2, -0.15) is 0 Å². The van der Waals surface area contributed by atoms with Gasteiger partial charge < -0.3 is 5.32 Å². The average molecular weight is 342 g/mol. The van der Waals surface area contributed by atoms with Gasteiger partial charge in [0.15, 0.2) is 0 Å². The van der Waals surface area contributed by atoms with Crippen LogP contribution in [0.1, 0.15) is 17.3 Å². The first-order valence-electron chi connectivity index (χ1n) is 7.71. The Balaban J connectivity index is 1.42. The fourth-order valence-corrected chi connectivity index (χ4v) is 3.04. The van der Waals surface area contributed by atoms with Crippen molar-refractivity contribution in [2.75, 3.05) is 6.54 Å². The van der Waals surface area contributed by atoms with Gasteiger partial charge in [0.1, 0.15) is 5.82 Å². The Bertz CT molecular complexity index is 798. The molecule has 3 aromatic rings. The Kier molecular flexibility index (Phi) is 5.27. The van der Waals surface area contributed by atoms with E-state index >= 15 is 0 Å². The van der Waals surface area contributed by atoms with Crippen molar-refractivity contribution in [2.45, 2.75) is 26.3 Å². The van der Waals surface area contributed by atoms with Gasteiger partial charge in [0.2, 0.25) is 5.91 Å². The standard InChI is InChI=1S/C16H18N6OS/c1-12-19-20-21-22(12)10-8-15(23)17-9-7-16-18-14(11-24-16)13-5-3-2-4-6-13/h2-6,11H,7-10H2,1H3,(H,17,23). The van der Waals surface area contributed by atoms with E-state index in [-0.39, 0.29) is 5.91 Å². The Morgan fingerprint density at radius 3 is 2.88 bits per heavy atom. The Labute approximate surface area is 143 Å². The van der Waals surface area contributed by atoms with E-state index in [0.717, 1.165) is 22.7 Å². The number of carbonyl (C=O) groups excluding carboxylic acids is 1. The van der Waals surface area contributed by atoms with Gasteiger partial charge in [0.05, 0.1) is 17.2 Å². The third-order valence-electron chi connectivity index (χ3n) is 3.54. The van der Waals surface area contributed by atoms with Crippen molar-refractivity contribution in [1.82, 2.24) is 30.5 Å². The maximum Gasteiger partial charge on any atom is 0.221 e. The molecule has 2 aromatic heterocycles. The van der Waals surface area contributed by atoms with Crippen molar-refractivity contribution in [3.8, 4) is 11.3 Å². The molecule has 1 N–H and O–H groups in total. The minimum absolute atomic E-state index is 0.00950. The summed E-state index contributed by atoms with van der Waals surface area (Å²) in [6, 6.07) is 10.1. The highest BCUT2D eigenvalue weighted by Crippen LogP contribution is 2.21. The summed E-state index contributed by atoms with van der Waals surface area (Å²) in [5.41, 5.74) is 2.09. The molecule has 0 aliphatic rings. The van der Waals surface area contributed by atoms with Gasteiger partial charge in [-0.25, -0.2) is 9.67 Å². The summed E-state index contributed by atoms with van der Waals surface area (Å²) in [7, 11) is 0. The van der Waals surface area contributed by atoms with Crippen molar-refractivity contribution in [3.05, 3.63) is 46.5 Å². The van der Waals surface area contributed by atoms with Crippen molar-refractivity contribution in [3.63, 3.8) is 0 Å². The minimum atomic E-state index is -0.00950. The van der Waals surface area contributed by atoms with Crippen LogP contribution >= 0.6 is 11.3 Å². The van der Waals surface area contributed by atoms with Gasteiger partial charge in [0.25, 0.3) is 0 Å². The number of carbonyl (C=O) groups is 1. The average Bonchev–Trinajstić information content (AvgIpc) is 3.23. The second kappa shape index (κ2) is 7.78. The fraction of sp³-hybridized carbons (Fsp3) is 0.312. The van der Waals surface area contributed by atoms with Crippen molar-refractivity contribution in [2.24, 2.45) is 0 Å². The maximum atomic E-state index is 11.9. The van der Waals surface area contributed by atoms with E-state index in [1.165, 1.54) is 0 Å². The zero-order valence-corrected chi connectivity index (χ0v) is 14.2. The molecule has 8 heteroatoms. The van der Waals surface area contributed by atoms with Crippen molar-refractivity contribution in [1.29, 1.82) is 0 Å². The van der Waals surface area contributed by atoms with E-state index < -0.39 is 0 Å². The summed E-state index contributed by atoms with van der Waals surface area (Å²) in [6.45, 7) is 2.87. The second-order valence-corrected chi connectivity index (χ2v) is 6.23. The molecule has 0 bridgehead atoms. The van der Waals surface area contributed by atoms with E-state index in [4.69, 9.17) is 0 Å². The number of thiazole rings is 1. The first-order chi connectivity index (χ1) is 11.7. The lowest BCUT2D eigenvalue weighted by Crippen LogP contribution is -2.26. The van der Waals surface area contributed by atoms with Gasteiger partial charge in [-0.1, -0.05) is 30.3 Å². The Morgan fingerprint density at radius 1 is 1.29 bits per heavy atom. The van der Waals surface area contributed by atoms with E-state index in [9.17, 15) is 4.79 Å². The van der Waals surface area contributed by atoms with Gasteiger partial charge in [-0.3, -0.25) is 4.79 Å². The number of nitrogens with one attached hydrogen (secondary N) is 1. The smallest absolute Gasteiger partial charge is 0.221 e. The predicted molar refractivity (Wildman–Crippen MR) is 91.4 cm³/mol. The van der Waals surface area contributed by atoms with Crippen LogP contribution in [-0.2, 0) is 17.8 Å². The first kappa shape index (κ1) is 16.3. The molecule has 0 aliphatic heterocycles. The number of tetrazole rings is 1. The maximum absolute atomic E-state index is 11.9. The van der Waals surface area contributed by atoms with E-state index in [0.29, 0.717) is 25.3 Å². The molecule has 24 heavy (non-hydrogen) atoms. The van der Waals surface area contributed by atoms with Gasteiger partial charge in [0, 0.05) is 30.3 Å². The van der Waals surface area contributed by atoms with Crippen LogP contribution in [0.5, 0.6) is 0 Å². The molecule has 0 saturated heterocycles. The summed E-state index contributed by atoms with van der Waals surface area (Å²) < 4.78 is 1.62. The van der Waals surface area contributed by atoms with E-state index in [2.05, 4.69) is 25.8 Å². The summed E-state index contributed by atoms with van der Waals surface area (Å²) >= 11 is 1.62. The predicted octanol–water partition coefficient (Wildman–Crippen LogP) is 1.85. The Morgan fingerprint density at radius 2 is 2.12 bits per heavy atom. The highest BCUT2D eigenvalue weighted by molar-refractivity contribution is 7.09. The SMILES string of the molecule is Cc1nnnn1CCC(=O)NCCc1nc(-c2ccccc2)cs1. The van der Waals surface area contributed by atoms with Crippen LogP contribution in [0, 0.1) is 6.92 Å². The molecule has 0 fully saturated rings. The summed E-state index contributed by atoms with van der Waals surface area (Å²) in [6.07, 6.45) is 1.09. The molecule has 1 aromatic carbocycles. The molecule has 7 nitrogen and oxygen atoms in total. The molecule has 3 rings (SSSR count). The van der Waals surface area contributed by atoms with E-state index in [1.807, 2.05) is 42.6 Å². The molecule has 1 amide bonds. The summed E-state index contributed by atoms with van der Waals surface area (Å²) in [5, 5.41) is 17.1. The van der Waals surface area contributed by atoms with Gasteiger partial charge in [-0.15, -0.1) is 16.4 Å². The minimum Gasteiger partial charge on any atom is -0.356 e. The number of benzene rings is 1. The number of amides is 1. The number of rotatable bonds is 7. The van der Waals surface area contributed by atoms with Crippen molar-refractivity contribution < 1.29 is 4.79 Å². The molecule has 0 radical (unpaired) electrons. The first-order valence-corrected chi connectivity index (χ1v) is 8.59. The third kappa shape index (κ3) is 4.23. The fourth-order valence-electron chi connectivity index (χ4n) is 2.23. The molecule has 0 aliphatic carbocycles. The molecular formula is C16H18N6OS. The topological polar surface area (TPSA) is 85.6 Å². The van der Waals surface area contributed by atoms with Crippen LogP contribution in [0.25, 0.3) is 11.3 Å². The van der Waals surface area contributed by atoms with E-state index in [1.54, 1.807) is 16.0 Å². The number of hydrogen-bond acceptors (Lipinski definition) is 6. The molecule has 0 unspecified atom stereocenters. The lowest BCUT2D eigenvalue weighted by molar-refractivity contribution is -0.121. The summed E-state index contributed by atoms with van der Waals surface area (Å²) in [5.74, 6) is 0.698. The molecule has 124 valence electrons. The van der Waals surface area contributed by atoms with Crippen LogP contribution in [0.2, 0.25) is 0 Å². The molecule has 0 atom stereocenters. The quantitative estimate of drug-likeness (QED) is 0.708. The van der Waals surface area contributed by atoms with Gasteiger partial charge in [-0.05, 0) is 17.4 Å². The lowest BCUT2D eigenvalue weighted by Gasteiger charge is -2.04. The zero-order chi connectivity index (χ0) is 16.8. The number of nitrogens with zero attached hydrogens (tertiary/aromatic N) is 5. The summed E-state index contributed by atoms with van der Waals surface area (Å²) in [4.78, 5) is 16.5. The van der Waals surface area contributed by atoms with Crippen LogP contribution in [0.4, 0.5) is 0 Å². The number of aryl methyl sites for hydroxylation is 2. The largest absolute Gasteiger partial charge is 0.356 e. The van der Waals surface area contributed by atoms with Crippen molar-refractivity contribution >= 4 is 17.2 Å². The van der Waals surface area contributed by atoms with Crippen LogP contribution in [0.3, 0.4) is 0 Å². The normalized spacial score (nSPS) is 10.7. The highest BCUT2D eigenvalue weighted by atomic mass is 32.1. The third-order valence-corrected chi connectivity index (χ3v) is 4.45. The molecule has 0 spiro atoms. The second-order valence-electron chi connectivity index (χ2n) is 5.29. The van der Waals surface area contributed by atoms with Gasteiger partial charge >= 0.3 is 0 Å². The Hall–Kier alpha value is -2.61. The molecule has 2 heterocycles. The zero-order valence-electron chi connectivity index (χ0n) is 13.3. The van der Waals surface area contributed by atoms with Crippen LogP contribution in [0.15, 0.2) is 35.7 Å². The van der Waals surface area contributed by atoms with Crippen LogP contribution < -0.4 is 5.32 Å². The molecule has 0 saturated carbocycles.